The van der Waals surface area contributed by atoms with E-state index in [0.29, 0.717) is 0 Å². The fraction of sp³-hybridized carbons (Fsp3) is 0.400. The lowest BCUT2D eigenvalue weighted by Gasteiger charge is -2.16. The van der Waals surface area contributed by atoms with Crippen LogP contribution in [0.25, 0.3) is 0 Å². The molecule has 3 rings (SSSR count). The molecule has 0 aliphatic carbocycles. The number of rotatable bonds is 3. The fourth-order valence-corrected chi connectivity index (χ4v) is 5.02. The third kappa shape index (κ3) is 2.91. The Hall–Kier alpha value is -0.710. The second kappa shape index (κ2) is 6.16. The molecule has 2 aliphatic rings. The predicted molar refractivity (Wildman–Crippen MR) is 81.7 cm³/mol. The molecule has 1 aromatic rings. The first kappa shape index (κ1) is 13.3. The van der Waals surface area contributed by atoms with Gasteiger partial charge in [-0.15, -0.1) is 23.5 Å². The van der Waals surface area contributed by atoms with Gasteiger partial charge in [0.15, 0.2) is 5.78 Å². The van der Waals surface area contributed by atoms with Gasteiger partial charge in [0.05, 0.1) is 6.10 Å². The Morgan fingerprint density at radius 2 is 1.89 bits per heavy atom. The standard InChI is InChI=1S/C15H16O2S2/c16-14(11-5-2-1-3-6-11)13(12-7-4-8-17-12)15-18-9-10-19-15/h1-3,5-6,12H,4,7-10H2. The molecule has 0 saturated carbocycles. The average molecular weight is 292 g/mol. The molecule has 0 amide bonds. The van der Waals surface area contributed by atoms with E-state index in [1.165, 1.54) is 4.24 Å². The van der Waals surface area contributed by atoms with Gasteiger partial charge in [-0.3, -0.25) is 4.79 Å². The van der Waals surface area contributed by atoms with Crippen LogP contribution in [0.1, 0.15) is 23.2 Å². The van der Waals surface area contributed by atoms with Crippen molar-refractivity contribution in [1.82, 2.24) is 0 Å². The molecule has 100 valence electrons. The molecule has 0 aromatic heterocycles. The Kier molecular flexibility index (Phi) is 4.31. The van der Waals surface area contributed by atoms with Crippen molar-refractivity contribution in [1.29, 1.82) is 0 Å². The third-order valence-electron chi connectivity index (χ3n) is 3.30. The first-order valence-corrected chi connectivity index (χ1v) is 8.54. The lowest BCUT2D eigenvalue weighted by molar-refractivity contribution is 0.0942. The highest BCUT2D eigenvalue weighted by Crippen LogP contribution is 2.42. The summed E-state index contributed by atoms with van der Waals surface area (Å²) in [4.78, 5) is 12.8. The highest BCUT2D eigenvalue weighted by Gasteiger charge is 2.30. The number of benzene rings is 1. The number of ether oxygens (including phenoxy) is 1. The van der Waals surface area contributed by atoms with E-state index in [2.05, 4.69) is 0 Å². The summed E-state index contributed by atoms with van der Waals surface area (Å²) in [5.74, 6) is 2.33. The summed E-state index contributed by atoms with van der Waals surface area (Å²) in [5, 5.41) is 0. The van der Waals surface area contributed by atoms with Crippen LogP contribution in [-0.2, 0) is 4.74 Å². The van der Waals surface area contributed by atoms with Gasteiger partial charge in [0.2, 0.25) is 0 Å². The van der Waals surface area contributed by atoms with Gasteiger partial charge in [-0.1, -0.05) is 30.3 Å². The van der Waals surface area contributed by atoms with E-state index < -0.39 is 0 Å². The zero-order valence-electron chi connectivity index (χ0n) is 10.6. The van der Waals surface area contributed by atoms with Crippen LogP contribution in [0.4, 0.5) is 0 Å². The molecule has 1 atom stereocenters. The second-order valence-electron chi connectivity index (χ2n) is 4.59. The van der Waals surface area contributed by atoms with Crippen molar-refractivity contribution in [3.63, 3.8) is 0 Å². The molecule has 0 radical (unpaired) electrons. The van der Waals surface area contributed by atoms with Crippen molar-refractivity contribution in [2.24, 2.45) is 0 Å². The lowest BCUT2D eigenvalue weighted by Crippen LogP contribution is -2.18. The molecule has 2 heterocycles. The molecule has 1 aromatic carbocycles. The predicted octanol–water partition coefficient (Wildman–Crippen LogP) is 3.74. The van der Waals surface area contributed by atoms with Crippen LogP contribution >= 0.6 is 23.5 Å². The maximum Gasteiger partial charge on any atom is 0.193 e. The first-order valence-electron chi connectivity index (χ1n) is 6.57. The zero-order valence-corrected chi connectivity index (χ0v) is 12.3. The molecule has 0 spiro atoms. The van der Waals surface area contributed by atoms with Crippen molar-refractivity contribution >= 4 is 29.3 Å². The highest BCUT2D eigenvalue weighted by molar-refractivity contribution is 8.25. The SMILES string of the molecule is O=C(C(=C1SCCS1)C1CCCO1)c1ccccc1. The van der Waals surface area contributed by atoms with Crippen LogP contribution in [-0.4, -0.2) is 30.0 Å². The minimum absolute atomic E-state index is 0.000746. The fourth-order valence-electron chi connectivity index (χ4n) is 2.39. The summed E-state index contributed by atoms with van der Waals surface area (Å²) in [6.45, 7) is 0.777. The smallest absolute Gasteiger partial charge is 0.193 e. The molecular formula is C15H16O2S2. The molecule has 4 heteroatoms. The van der Waals surface area contributed by atoms with Crippen molar-refractivity contribution < 1.29 is 9.53 Å². The van der Waals surface area contributed by atoms with Crippen LogP contribution in [0.15, 0.2) is 40.1 Å². The Bertz CT molecular complexity index is 482. The Labute approximate surface area is 122 Å². The van der Waals surface area contributed by atoms with E-state index in [0.717, 1.165) is 42.1 Å². The van der Waals surface area contributed by atoms with Crippen LogP contribution < -0.4 is 0 Å². The number of ketones is 1. The summed E-state index contributed by atoms with van der Waals surface area (Å²) >= 11 is 3.60. The quantitative estimate of drug-likeness (QED) is 0.626. The van der Waals surface area contributed by atoms with Gasteiger partial charge in [0.1, 0.15) is 0 Å². The van der Waals surface area contributed by atoms with Gasteiger partial charge in [-0.2, -0.15) is 0 Å². The number of hydrogen-bond donors (Lipinski definition) is 0. The van der Waals surface area contributed by atoms with E-state index in [1.807, 2.05) is 30.3 Å². The monoisotopic (exact) mass is 292 g/mol. The Balaban J connectivity index is 1.95. The first-order chi connectivity index (χ1) is 9.36. The summed E-state index contributed by atoms with van der Waals surface area (Å²) in [6, 6.07) is 9.55. The maximum atomic E-state index is 12.8. The van der Waals surface area contributed by atoms with Crippen LogP contribution in [0.5, 0.6) is 0 Å². The number of thioether (sulfide) groups is 2. The number of hydrogen-bond acceptors (Lipinski definition) is 4. The summed E-state index contributed by atoms with van der Waals surface area (Å²) in [7, 11) is 0. The minimum Gasteiger partial charge on any atom is -0.373 e. The second-order valence-corrected chi connectivity index (χ2v) is 7.06. The van der Waals surface area contributed by atoms with Gasteiger partial charge in [-0.25, -0.2) is 0 Å². The van der Waals surface area contributed by atoms with Gasteiger partial charge in [-0.05, 0) is 12.8 Å². The molecule has 2 aliphatic heterocycles. The van der Waals surface area contributed by atoms with Crippen LogP contribution in [0.2, 0.25) is 0 Å². The average Bonchev–Trinajstić information content (AvgIpc) is 3.13. The number of carbonyl (C=O) groups excluding carboxylic acids is 1. The minimum atomic E-state index is 0.000746. The molecule has 2 saturated heterocycles. The van der Waals surface area contributed by atoms with E-state index >= 15 is 0 Å². The van der Waals surface area contributed by atoms with Crippen molar-refractivity contribution in [3.8, 4) is 0 Å². The summed E-state index contributed by atoms with van der Waals surface area (Å²) in [6.07, 6.45) is 2.03. The third-order valence-corrected chi connectivity index (χ3v) is 6.05. The Morgan fingerprint density at radius 3 is 2.53 bits per heavy atom. The van der Waals surface area contributed by atoms with Gasteiger partial charge >= 0.3 is 0 Å². The molecule has 0 N–H and O–H groups in total. The van der Waals surface area contributed by atoms with Crippen LogP contribution in [0, 0.1) is 0 Å². The summed E-state index contributed by atoms with van der Waals surface area (Å²) < 4.78 is 6.95. The molecule has 2 fully saturated rings. The normalized spacial score (nSPS) is 22.7. The van der Waals surface area contributed by atoms with Crippen molar-refractivity contribution in [2.45, 2.75) is 18.9 Å². The molecule has 0 bridgehead atoms. The van der Waals surface area contributed by atoms with E-state index in [9.17, 15) is 4.79 Å². The molecule has 19 heavy (non-hydrogen) atoms. The van der Waals surface area contributed by atoms with E-state index in [1.54, 1.807) is 23.5 Å². The van der Waals surface area contributed by atoms with Crippen molar-refractivity contribution in [2.75, 3.05) is 18.1 Å². The maximum absolute atomic E-state index is 12.8. The van der Waals surface area contributed by atoms with E-state index in [4.69, 9.17) is 4.74 Å². The van der Waals surface area contributed by atoms with Gasteiger partial charge in [0, 0.05) is 33.5 Å². The zero-order chi connectivity index (χ0) is 13.1. The molecule has 1 unspecified atom stereocenters. The topological polar surface area (TPSA) is 26.3 Å². The largest absolute Gasteiger partial charge is 0.373 e. The van der Waals surface area contributed by atoms with E-state index in [-0.39, 0.29) is 11.9 Å². The van der Waals surface area contributed by atoms with Gasteiger partial charge < -0.3 is 4.74 Å². The molecule has 2 nitrogen and oxygen atoms in total. The molecular weight excluding hydrogens is 276 g/mol. The lowest BCUT2D eigenvalue weighted by atomic mass is 9.99. The van der Waals surface area contributed by atoms with Gasteiger partial charge in [0.25, 0.3) is 0 Å². The highest BCUT2D eigenvalue weighted by atomic mass is 32.2. The number of Topliss-reactive ketones (excluding diaryl/α,β-unsaturated/α-hetero) is 1. The van der Waals surface area contributed by atoms with Crippen molar-refractivity contribution in [3.05, 3.63) is 45.7 Å². The van der Waals surface area contributed by atoms with Crippen LogP contribution in [0.3, 0.4) is 0 Å². The Morgan fingerprint density at radius 1 is 1.16 bits per heavy atom. The number of carbonyl (C=O) groups is 1. The summed E-state index contributed by atoms with van der Waals surface area (Å²) in [5.41, 5.74) is 1.67.